The number of carbonyl (C=O) groups is 2. The minimum atomic E-state index is -0.713. The predicted molar refractivity (Wildman–Crippen MR) is 84.9 cm³/mol. The van der Waals surface area contributed by atoms with Gasteiger partial charge in [-0.3, -0.25) is 9.69 Å². The molecular formula is C17H23NO5. The maximum Gasteiger partial charge on any atom is 0.411 e. The number of ether oxygens (including phenoxy) is 3. The first-order valence-corrected chi connectivity index (χ1v) is 7.58. The summed E-state index contributed by atoms with van der Waals surface area (Å²) in [6.45, 7) is 6.23. The zero-order valence-corrected chi connectivity index (χ0v) is 14.0. The molecule has 6 nitrogen and oxygen atoms in total. The van der Waals surface area contributed by atoms with Crippen LogP contribution in [-0.4, -0.2) is 55.3 Å². The second-order valence-corrected chi connectivity index (χ2v) is 6.33. The molecule has 23 heavy (non-hydrogen) atoms. The highest BCUT2D eigenvalue weighted by atomic mass is 16.6. The van der Waals surface area contributed by atoms with E-state index in [0.717, 1.165) is 0 Å². The number of nitrogens with zero attached hydrogens (tertiary/aromatic N) is 1. The highest BCUT2D eigenvalue weighted by molar-refractivity contribution is 6.03. The van der Waals surface area contributed by atoms with Gasteiger partial charge in [-0.05, 0) is 32.9 Å². The lowest BCUT2D eigenvalue weighted by molar-refractivity contribution is -0.0266. The largest absolute Gasteiger partial charge is 0.496 e. The first-order chi connectivity index (χ1) is 10.8. The number of hydrogen-bond acceptors (Lipinski definition) is 5. The van der Waals surface area contributed by atoms with Crippen LogP contribution in [0.25, 0.3) is 0 Å². The van der Waals surface area contributed by atoms with Crippen LogP contribution in [0.4, 0.5) is 4.79 Å². The van der Waals surface area contributed by atoms with E-state index in [1.165, 1.54) is 12.0 Å². The van der Waals surface area contributed by atoms with Gasteiger partial charge in [0.1, 0.15) is 17.4 Å². The molecule has 0 aromatic heterocycles. The van der Waals surface area contributed by atoms with E-state index in [-0.39, 0.29) is 12.4 Å². The van der Waals surface area contributed by atoms with Gasteiger partial charge < -0.3 is 14.2 Å². The summed E-state index contributed by atoms with van der Waals surface area (Å²) < 4.78 is 16.0. The molecule has 0 radical (unpaired) electrons. The summed E-state index contributed by atoms with van der Waals surface area (Å²) in [4.78, 5) is 26.7. The molecule has 0 spiro atoms. The molecule has 1 unspecified atom stereocenters. The molecule has 6 heteroatoms. The number of methoxy groups -OCH3 is 1. The topological polar surface area (TPSA) is 65.1 Å². The van der Waals surface area contributed by atoms with Gasteiger partial charge in [-0.2, -0.15) is 0 Å². The van der Waals surface area contributed by atoms with Crippen LogP contribution in [0.15, 0.2) is 24.3 Å². The third kappa shape index (κ3) is 4.22. The van der Waals surface area contributed by atoms with Gasteiger partial charge in [0.25, 0.3) is 0 Å². The lowest BCUT2D eigenvalue weighted by Gasteiger charge is -2.35. The van der Waals surface area contributed by atoms with Crippen molar-refractivity contribution >= 4 is 11.9 Å². The number of amides is 1. The summed E-state index contributed by atoms with van der Waals surface area (Å²) in [5.74, 6) is 0.264. The van der Waals surface area contributed by atoms with E-state index >= 15 is 0 Å². The Morgan fingerprint density at radius 1 is 1.26 bits per heavy atom. The fraction of sp³-hybridized carbons (Fsp3) is 0.529. The van der Waals surface area contributed by atoms with E-state index < -0.39 is 17.7 Å². The Hall–Kier alpha value is -2.08. The Balaban J connectivity index is 2.24. The molecule has 126 valence electrons. The minimum Gasteiger partial charge on any atom is -0.496 e. The lowest BCUT2D eigenvalue weighted by Crippen LogP contribution is -2.53. The summed E-state index contributed by atoms with van der Waals surface area (Å²) in [6, 6.07) is 6.24. The van der Waals surface area contributed by atoms with Crippen LogP contribution in [-0.2, 0) is 9.47 Å². The van der Waals surface area contributed by atoms with Crippen molar-refractivity contribution in [3.63, 3.8) is 0 Å². The molecule has 1 atom stereocenters. The Morgan fingerprint density at radius 3 is 2.61 bits per heavy atom. The Morgan fingerprint density at radius 2 is 1.96 bits per heavy atom. The molecule has 1 aliphatic heterocycles. The number of rotatable bonds is 3. The van der Waals surface area contributed by atoms with Crippen LogP contribution in [0.5, 0.6) is 5.75 Å². The second kappa shape index (κ2) is 7.00. The average Bonchev–Trinajstić information content (AvgIpc) is 2.52. The maximum atomic E-state index is 12.9. The number of ketones is 1. The van der Waals surface area contributed by atoms with Gasteiger partial charge in [-0.25, -0.2) is 4.79 Å². The van der Waals surface area contributed by atoms with Gasteiger partial charge >= 0.3 is 6.09 Å². The number of hydrogen-bond donors (Lipinski definition) is 0. The van der Waals surface area contributed by atoms with Crippen molar-refractivity contribution in [2.75, 3.05) is 26.9 Å². The fourth-order valence-electron chi connectivity index (χ4n) is 2.39. The number of Topliss-reactive ketones (excluding diaryl/α,β-unsaturated/α-hetero) is 1. The van der Waals surface area contributed by atoms with Gasteiger partial charge in [0.15, 0.2) is 5.78 Å². The van der Waals surface area contributed by atoms with Crippen molar-refractivity contribution in [3.05, 3.63) is 29.8 Å². The predicted octanol–water partition coefficient (Wildman–Crippen LogP) is 2.51. The Bertz CT molecular complexity index is 579. The fourth-order valence-corrected chi connectivity index (χ4v) is 2.39. The monoisotopic (exact) mass is 321 g/mol. The summed E-state index contributed by atoms with van der Waals surface area (Å²) in [6.07, 6.45) is -0.506. The first-order valence-electron chi connectivity index (χ1n) is 7.58. The van der Waals surface area contributed by atoms with E-state index in [1.807, 2.05) is 0 Å². The molecule has 2 rings (SSSR count). The van der Waals surface area contributed by atoms with Crippen LogP contribution < -0.4 is 4.74 Å². The van der Waals surface area contributed by atoms with Crippen molar-refractivity contribution in [1.29, 1.82) is 0 Å². The van der Waals surface area contributed by atoms with E-state index in [0.29, 0.717) is 24.5 Å². The molecule has 1 aliphatic rings. The van der Waals surface area contributed by atoms with Crippen molar-refractivity contribution in [2.45, 2.75) is 32.4 Å². The number of para-hydroxylation sites is 1. The standard InChI is InChI=1S/C17H23NO5/c1-17(2,3)23-16(20)18-9-10-22-11-13(18)15(19)12-7-5-6-8-14(12)21-4/h5-8,13H,9-11H2,1-4H3. The minimum absolute atomic E-state index is 0.149. The van der Waals surface area contributed by atoms with Gasteiger partial charge in [-0.1, -0.05) is 12.1 Å². The summed E-state index contributed by atoms with van der Waals surface area (Å²) in [7, 11) is 1.51. The average molecular weight is 321 g/mol. The van der Waals surface area contributed by atoms with E-state index in [9.17, 15) is 9.59 Å². The molecule has 1 fully saturated rings. The van der Waals surface area contributed by atoms with Crippen LogP contribution in [0, 0.1) is 0 Å². The van der Waals surface area contributed by atoms with Crippen molar-refractivity contribution < 1.29 is 23.8 Å². The highest BCUT2D eigenvalue weighted by Crippen LogP contribution is 2.23. The highest BCUT2D eigenvalue weighted by Gasteiger charge is 2.36. The van der Waals surface area contributed by atoms with Gasteiger partial charge in [0.05, 0.1) is 25.9 Å². The zero-order valence-electron chi connectivity index (χ0n) is 14.0. The third-order valence-corrected chi connectivity index (χ3v) is 3.43. The van der Waals surface area contributed by atoms with Gasteiger partial charge in [0.2, 0.25) is 0 Å². The quantitative estimate of drug-likeness (QED) is 0.800. The molecule has 0 saturated carbocycles. The Kier molecular flexibility index (Phi) is 5.26. The smallest absolute Gasteiger partial charge is 0.411 e. The van der Waals surface area contributed by atoms with Gasteiger partial charge in [-0.15, -0.1) is 0 Å². The second-order valence-electron chi connectivity index (χ2n) is 6.33. The van der Waals surface area contributed by atoms with Crippen LogP contribution in [0.3, 0.4) is 0 Å². The molecule has 1 aromatic rings. The zero-order chi connectivity index (χ0) is 17.0. The van der Waals surface area contributed by atoms with Crippen molar-refractivity contribution in [2.24, 2.45) is 0 Å². The van der Waals surface area contributed by atoms with Crippen LogP contribution >= 0.6 is 0 Å². The van der Waals surface area contributed by atoms with E-state index in [4.69, 9.17) is 14.2 Å². The molecule has 0 aliphatic carbocycles. The van der Waals surface area contributed by atoms with E-state index in [2.05, 4.69) is 0 Å². The molecule has 1 saturated heterocycles. The number of morpholine rings is 1. The van der Waals surface area contributed by atoms with Crippen LogP contribution in [0.1, 0.15) is 31.1 Å². The first kappa shape index (κ1) is 17.3. The number of carbonyl (C=O) groups excluding carboxylic acids is 2. The molecule has 1 aromatic carbocycles. The third-order valence-electron chi connectivity index (χ3n) is 3.43. The van der Waals surface area contributed by atoms with Gasteiger partial charge in [0, 0.05) is 6.54 Å². The Labute approximate surface area is 136 Å². The van der Waals surface area contributed by atoms with E-state index in [1.54, 1.807) is 45.0 Å². The molecule has 0 bridgehead atoms. The maximum absolute atomic E-state index is 12.9. The normalized spacial score (nSPS) is 18.4. The lowest BCUT2D eigenvalue weighted by atomic mass is 10.0. The summed E-state index contributed by atoms with van der Waals surface area (Å²) >= 11 is 0. The number of benzene rings is 1. The summed E-state index contributed by atoms with van der Waals surface area (Å²) in [5.41, 5.74) is -0.188. The SMILES string of the molecule is COc1ccccc1C(=O)C1COCCN1C(=O)OC(C)(C)C. The van der Waals surface area contributed by atoms with Crippen molar-refractivity contribution in [3.8, 4) is 5.75 Å². The van der Waals surface area contributed by atoms with Crippen molar-refractivity contribution in [1.82, 2.24) is 4.90 Å². The molecule has 0 N–H and O–H groups in total. The molecule has 1 amide bonds. The van der Waals surface area contributed by atoms with Crippen LogP contribution in [0.2, 0.25) is 0 Å². The summed E-state index contributed by atoms with van der Waals surface area (Å²) in [5, 5.41) is 0. The molecular weight excluding hydrogens is 298 g/mol. The molecule has 1 heterocycles.